The van der Waals surface area contributed by atoms with Gasteiger partial charge in [0.2, 0.25) is 0 Å². The van der Waals surface area contributed by atoms with Crippen molar-refractivity contribution in [2.45, 2.75) is 66.7 Å². The van der Waals surface area contributed by atoms with Gasteiger partial charge in [-0.1, -0.05) is 62.7 Å². The number of aryl methyl sites for hydroxylation is 1. The summed E-state index contributed by atoms with van der Waals surface area (Å²) in [5.41, 5.74) is 1.32. The lowest BCUT2D eigenvalue weighted by Crippen LogP contribution is -2.04. The van der Waals surface area contributed by atoms with E-state index in [4.69, 9.17) is 0 Å². The van der Waals surface area contributed by atoms with E-state index in [2.05, 4.69) is 25.6 Å². The Balaban J connectivity index is -0.0000000731. The van der Waals surface area contributed by atoms with Crippen molar-refractivity contribution >= 4 is 0 Å². The number of hydrogen-bond donors (Lipinski definition) is 0. The lowest BCUT2D eigenvalue weighted by Gasteiger charge is -2.00. The van der Waals surface area contributed by atoms with Gasteiger partial charge in [-0.3, -0.25) is 4.39 Å². The van der Waals surface area contributed by atoms with Gasteiger partial charge in [-0.05, 0) is 20.3 Å². The van der Waals surface area contributed by atoms with Crippen LogP contribution in [0.5, 0.6) is 0 Å². The van der Waals surface area contributed by atoms with Crippen LogP contribution in [-0.4, -0.2) is 19.5 Å². The molecule has 1 rings (SSSR count). The number of hydrogen-bond acceptors (Lipinski definition) is 0. The van der Waals surface area contributed by atoms with Crippen molar-refractivity contribution in [2.24, 2.45) is 0 Å². The monoisotopic (exact) mass is 394 g/mol. The van der Waals surface area contributed by atoms with Crippen molar-refractivity contribution in [2.75, 3.05) is 7.18 Å². The fourth-order valence-electron chi connectivity index (χ4n) is 0.818. The van der Waals surface area contributed by atoms with Crippen LogP contribution in [-0.2, 0) is 0 Å². The predicted octanol–water partition coefficient (Wildman–Crippen LogP) is 8.72. The van der Waals surface area contributed by atoms with Crippen molar-refractivity contribution in [3.05, 3.63) is 48.6 Å². The van der Waals surface area contributed by atoms with Crippen LogP contribution >= 0.6 is 0 Å². The van der Waals surface area contributed by atoms with Crippen LogP contribution in [0.15, 0.2) is 43.0 Å². The van der Waals surface area contributed by atoms with Crippen molar-refractivity contribution in [1.29, 1.82) is 0 Å². The molecule has 0 fully saturated rings. The van der Waals surface area contributed by atoms with E-state index in [1.54, 1.807) is 6.08 Å². The lowest BCUT2D eigenvalue weighted by atomic mass is 10.2. The van der Waals surface area contributed by atoms with Crippen LogP contribution in [0.3, 0.4) is 0 Å². The summed E-state index contributed by atoms with van der Waals surface area (Å²) in [6.45, 7) is 13.0. The molecule has 0 nitrogen and oxygen atoms in total. The lowest BCUT2D eigenvalue weighted by molar-refractivity contribution is -0.134. The van der Waals surface area contributed by atoms with E-state index in [0.29, 0.717) is 7.18 Å². The van der Waals surface area contributed by atoms with Gasteiger partial charge in [0.15, 0.2) is 0 Å². The van der Waals surface area contributed by atoms with Crippen molar-refractivity contribution in [3.63, 3.8) is 0 Å². The molecule has 0 aromatic heterocycles. The minimum absolute atomic E-state index is 0.184. The molecule has 0 spiro atoms. The van der Waals surface area contributed by atoms with Crippen LogP contribution in [0.2, 0.25) is 0 Å². The van der Waals surface area contributed by atoms with Gasteiger partial charge in [0.1, 0.15) is 0 Å². The minimum atomic E-state index is -4.00. The largest absolute Gasteiger partial charge is 0.389 e. The molecule has 26 heavy (non-hydrogen) atoms. The molecule has 158 valence electrons. The first kappa shape index (κ1) is 35.6. The zero-order valence-corrected chi connectivity index (χ0v) is 16.7. The van der Waals surface area contributed by atoms with Gasteiger partial charge in [0, 0.05) is 13.3 Å². The summed E-state index contributed by atoms with van der Waals surface area (Å²) in [5.74, 6) is 0. The Morgan fingerprint density at radius 2 is 1.19 bits per heavy atom. The predicted molar refractivity (Wildman–Crippen MR) is 98.1 cm³/mol. The van der Waals surface area contributed by atoms with Crippen LogP contribution in [0, 0.1) is 6.92 Å². The van der Waals surface area contributed by atoms with Gasteiger partial charge in [-0.2, -0.15) is 26.3 Å². The highest BCUT2D eigenvalue weighted by molar-refractivity contribution is 5.11. The topological polar surface area (TPSA) is 0 Å². The third-order valence-corrected chi connectivity index (χ3v) is 1.47. The van der Waals surface area contributed by atoms with Gasteiger partial charge in [-0.25, -0.2) is 0 Å². The first-order chi connectivity index (χ1) is 11.9. The van der Waals surface area contributed by atoms with Crippen LogP contribution in [0.4, 0.5) is 30.7 Å². The van der Waals surface area contributed by atoms with E-state index >= 15 is 0 Å². The van der Waals surface area contributed by atoms with Gasteiger partial charge < -0.3 is 0 Å². The SMILES string of the molecule is C=CC.CC.CC(F)(F)F.CCCC(F)(F)F.CF.Cc1ccccc1. The molecule has 0 aliphatic carbocycles. The van der Waals surface area contributed by atoms with E-state index in [9.17, 15) is 30.7 Å². The smallest absolute Gasteiger partial charge is 0.255 e. The summed E-state index contributed by atoms with van der Waals surface area (Å²) < 4.78 is 73.7. The normalized spacial score (nSPS) is 8.85. The zero-order valence-electron chi connectivity index (χ0n) is 16.7. The first-order valence-corrected chi connectivity index (χ1v) is 7.97. The average molecular weight is 394 g/mol. The second kappa shape index (κ2) is 25.7. The third-order valence-electron chi connectivity index (χ3n) is 1.47. The summed E-state index contributed by atoms with van der Waals surface area (Å²) >= 11 is 0. The maximum Gasteiger partial charge on any atom is 0.389 e. The average Bonchev–Trinajstić information content (AvgIpc) is 2.51. The zero-order chi connectivity index (χ0) is 22.2. The molecule has 0 radical (unpaired) electrons. The number of rotatable bonds is 1. The van der Waals surface area contributed by atoms with Gasteiger partial charge in [0.25, 0.3) is 0 Å². The highest BCUT2D eigenvalue weighted by Crippen LogP contribution is 2.20. The van der Waals surface area contributed by atoms with Gasteiger partial charge in [-0.15, -0.1) is 6.58 Å². The number of halogens is 7. The van der Waals surface area contributed by atoms with E-state index < -0.39 is 18.8 Å². The molecule has 0 N–H and O–H groups in total. The fraction of sp³-hybridized carbons (Fsp3) is 0.579. The first-order valence-electron chi connectivity index (χ1n) is 7.97. The van der Waals surface area contributed by atoms with Crippen molar-refractivity contribution in [3.8, 4) is 0 Å². The van der Waals surface area contributed by atoms with Crippen LogP contribution in [0.1, 0.15) is 53.0 Å². The molecular weight excluding hydrogens is 361 g/mol. The molecular formula is C19H33F7. The Labute approximate surface area is 154 Å². The molecule has 7 heteroatoms. The fourth-order valence-corrected chi connectivity index (χ4v) is 0.818. The number of benzene rings is 1. The summed E-state index contributed by atoms with van der Waals surface area (Å²) in [6, 6.07) is 10.3. The minimum Gasteiger partial charge on any atom is -0.255 e. The molecule has 0 saturated carbocycles. The van der Waals surface area contributed by atoms with Crippen molar-refractivity contribution < 1.29 is 30.7 Å². The molecule has 0 amide bonds. The molecule has 0 heterocycles. The molecule has 1 aromatic carbocycles. The Morgan fingerprint density at radius 1 is 0.923 bits per heavy atom. The molecule has 1 aromatic rings. The molecule has 0 unspecified atom stereocenters. The second-order valence-corrected chi connectivity index (χ2v) is 4.21. The van der Waals surface area contributed by atoms with E-state index in [-0.39, 0.29) is 13.3 Å². The Hall–Kier alpha value is -1.53. The van der Waals surface area contributed by atoms with Gasteiger partial charge >= 0.3 is 12.4 Å². The Bertz CT molecular complexity index is 335. The summed E-state index contributed by atoms with van der Waals surface area (Å²) in [4.78, 5) is 0. The maximum absolute atomic E-state index is 11.1. The number of allylic oxidation sites excluding steroid dienone is 1. The summed E-state index contributed by atoms with van der Waals surface area (Å²) in [6.07, 6.45) is -6.68. The second-order valence-electron chi connectivity index (χ2n) is 4.21. The summed E-state index contributed by atoms with van der Waals surface area (Å²) in [7, 11) is 0.500. The highest BCUT2D eigenvalue weighted by atomic mass is 19.4. The quantitative estimate of drug-likeness (QED) is 0.330. The Morgan fingerprint density at radius 3 is 1.27 bits per heavy atom. The molecule has 0 saturated heterocycles. The van der Waals surface area contributed by atoms with E-state index in [0.717, 1.165) is 0 Å². The molecule has 0 aliphatic rings. The molecule has 0 bridgehead atoms. The van der Waals surface area contributed by atoms with E-state index in [1.165, 1.54) is 12.5 Å². The van der Waals surface area contributed by atoms with Crippen LogP contribution in [0.25, 0.3) is 0 Å². The van der Waals surface area contributed by atoms with Crippen molar-refractivity contribution in [1.82, 2.24) is 0 Å². The molecule has 0 aliphatic heterocycles. The number of alkyl halides is 7. The summed E-state index contributed by atoms with van der Waals surface area (Å²) in [5, 5.41) is 0. The molecule has 0 atom stereocenters. The standard InChI is InChI=1S/C7H8.C4H7F3.C3H6.C2H3F3.C2H6.CH3F/c1-7-5-3-2-4-6-7;1-2-3-4(5,6)7;1-3-2;1-2(3,4)5;2*1-2/h2-6H,1H3;2-3H2,1H3;3H,1H2,2H3;1H3;1-2H3;1H3. The van der Waals surface area contributed by atoms with E-state index in [1.807, 2.05) is 39.0 Å². The van der Waals surface area contributed by atoms with Gasteiger partial charge in [0.05, 0.1) is 7.18 Å². The Kier molecular flexibility index (Phi) is 35.2. The highest BCUT2D eigenvalue weighted by Gasteiger charge is 2.24. The maximum atomic E-state index is 11.1. The third kappa shape index (κ3) is 94.5. The van der Waals surface area contributed by atoms with Crippen LogP contribution < -0.4 is 0 Å².